The first-order valence-corrected chi connectivity index (χ1v) is 7.90. The predicted molar refractivity (Wildman–Crippen MR) is 84.0 cm³/mol. The molecule has 108 valence electrons. The van der Waals surface area contributed by atoms with Crippen molar-refractivity contribution < 1.29 is 4.79 Å². The summed E-state index contributed by atoms with van der Waals surface area (Å²) in [6.07, 6.45) is 6.45. The van der Waals surface area contributed by atoms with Gasteiger partial charge in [0, 0.05) is 31.7 Å². The van der Waals surface area contributed by atoms with Gasteiger partial charge in [0.2, 0.25) is 0 Å². The van der Waals surface area contributed by atoms with Crippen molar-refractivity contribution in [2.75, 3.05) is 36.0 Å². The molecular weight excluding hydrogens is 248 g/mol. The maximum absolute atomic E-state index is 11.7. The van der Waals surface area contributed by atoms with Crippen LogP contribution in [0, 0.1) is 0 Å². The zero-order valence-electron chi connectivity index (χ0n) is 12.4. The fraction of sp³-hybridized carbons (Fsp3) is 0.588. The summed E-state index contributed by atoms with van der Waals surface area (Å²) >= 11 is 0. The summed E-state index contributed by atoms with van der Waals surface area (Å²) in [5.41, 5.74) is 3.45. The minimum Gasteiger partial charge on any atom is -0.370 e. The average molecular weight is 272 g/mol. The van der Waals surface area contributed by atoms with Crippen molar-refractivity contribution in [3.05, 3.63) is 23.8 Å². The van der Waals surface area contributed by atoms with Gasteiger partial charge >= 0.3 is 0 Å². The fourth-order valence-electron chi connectivity index (χ4n) is 3.36. The largest absolute Gasteiger partial charge is 0.370 e. The molecule has 0 amide bonds. The molecule has 2 saturated heterocycles. The van der Waals surface area contributed by atoms with Gasteiger partial charge in [-0.3, -0.25) is 4.79 Å². The van der Waals surface area contributed by atoms with Crippen LogP contribution in [-0.2, 0) is 0 Å². The molecule has 20 heavy (non-hydrogen) atoms. The van der Waals surface area contributed by atoms with Crippen molar-refractivity contribution in [1.82, 2.24) is 0 Å². The number of carbonyl (C=O) groups is 1. The lowest BCUT2D eigenvalue weighted by atomic mass is 10.1. The molecule has 0 saturated carbocycles. The molecule has 0 aliphatic carbocycles. The highest BCUT2D eigenvalue weighted by Crippen LogP contribution is 2.34. The van der Waals surface area contributed by atoms with Crippen LogP contribution in [0.25, 0.3) is 0 Å². The molecular formula is C17H24N2O. The van der Waals surface area contributed by atoms with Gasteiger partial charge in [0.05, 0.1) is 11.4 Å². The van der Waals surface area contributed by atoms with Crippen LogP contribution in [0.4, 0.5) is 11.4 Å². The van der Waals surface area contributed by atoms with Gasteiger partial charge in [-0.05, 0) is 57.2 Å². The standard InChI is InChI=1S/C17H24N2O/c1-14(20)15-7-8-16(18-9-3-2-4-10-18)17(13-15)19-11-5-6-12-19/h7-8,13H,2-6,9-12H2,1H3. The molecule has 0 radical (unpaired) electrons. The van der Waals surface area contributed by atoms with Crippen LogP contribution in [0.15, 0.2) is 18.2 Å². The highest BCUT2D eigenvalue weighted by Gasteiger charge is 2.21. The molecule has 1 aromatic rings. The first kappa shape index (κ1) is 13.5. The molecule has 0 bridgehead atoms. The van der Waals surface area contributed by atoms with E-state index < -0.39 is 0 Å². The summed E-state index contributed by atoms with van der Waals surface area (Å²) < 4.78 is 0. The van der Waals surface area contributed by atoms with Crippen LogP contribution in [0.2, 0.25) is 0 Å². The highest BCUT2D eigenvalue weighted by atomic mass is 16.1. The molecule has 0 atom stereocenters. The smallest absolute Gasteiger partial charge is 0.159 e. The van der Waals surface area contributed by atoms with Gasteiger partial charge in [-0.1, -0.05) is 0 Å². The fourth-order valence-corrected chi connectivity index (χ4v) is 3.36. The molecule has 2 aliphatic heterocycles. The molecule has 0 N–H and O–H groups in total. The topological polar surface area (TPSA) is 23.6 Å². The van der Waals surface area contributed by atoms with Crippen molar-refractivity contribution in [3.8, 4) is 0 Å². The zero-order valence-corrected chi connectivity index (χ0v) is 12.4. The van der Waals surface area contributed by atoms with Gasteiger partial charge in [-0.15, -0.1) is 0 Å². The third-order valence-electron chi connectivity index (χ3n) is 4.53. The maximum atomic E-state index is 11.7. The lowest BCUT2D eigenvalue weighted by molar-refractivity contribution is 0.101. The molecule has 3 rings (SSSR count). The monoisotopic (exact) mass is 272 g/mol. The minimum absolute atomic E-state index is 0.163. The number of hydrogen-bond donors (Lipinski definition) is 0. The van der Waals surface area contributed by atoms with Crippen LogP contribution in [0.1, 0.15) is 49.4 Å². The van der Waals surface area contributed by atoms with Gasteiger partial charge in [0.15, 0.2) is 5.78 Å². The molecule has 3 heteroatoms. The van der Waals surface area contributed by atoms with Crippen LogP contribution >= 0.6 is 0 Å². The maximum Gasteiger partial charge on any atom is 0.159 e. The highest BCUT2D eigenvalue weighted by molar-refractivity contribution is 5.96. The van der Waals surface area contributed by atoms with Crippen molar-refractivity contribution in [2.45, 2.75) is 39.0 Å². The van der Waals surface area contributed by atoms with Crippen molar-refractivity contribution in [2.24, 2.45) is 0 Å². The Balaban J connectivity index is 1.96. The van der Waals surface area contributed by atoms with Crippen LogP contribution in [-0.4, -0.2) is 32.0 Å². The molecule has 2 aliphatic rings. The van der Waals surface area contributed by atoms with Crippen LogP contribution < -0.4 is 9.80 Å². The van der Waals surface area contributed by atoms with E-state index in [1.54, 1.807) is 6.92 Å². The van der Waals surface area contributed by atoms with E-state index in [1.807, 2.05) is 6.07 Å². The number of carbonyl (C=O) groups excluding carboxylic acids is 1. The summed E-state index contributed by atoms with van der Waals surface area (Å²) in [6, 6.07) is 6.26. The first-order chi connectivity index (χ1) is 9.75. The molecule has 1 aromatic carbocycles. The SMILES string of the molecule is CC(=O)c1ccc(N2CCCCC2)c(N2CCCC2)c1. The third kappa shape index (κ3) is 2.67. The average Bonchev–Trinajstić information content (AvgIpc) is 3.01. The number of hydrogen-bond acceptors (Lipinski definition) is 3. The Kier molecular flexibility index (Phi) is 3.95. The number of piperidine rings is 1. The number of rotatable bonds is 3. The molecule has 0 unspecified atom stereocenters. The Morgan fingerprint density at radius 1 is 0.850 bits per heavy atom. The summed E-state index contributed by atoms with van der Waals surface area (Å²) in [7, 11) is 0. The van der Waals surface area contributed by atoms with E-state index in [0.29, 0.717) is 0 Å². The van der Waals surface area contributed by atoms with Crippen LogP contribution in [0.3, 0.4) is 0 Å². The summed E-state index contributed by atoms with van der Waals surface area (Å²) in [4.78, 5) is 16.6. The van der Waals surface area contributed by atoms with Crippen LogP contribution in [0.5, 0.6) is 0 Å². The number of anilines is 2. The van der Waals surface area contributed by atoms with E-state index in [-0.39, 0.29) is 5.78 Å². The second-order valence-corrected chi connectivity index (χ2v) is 6.00. The summed E-state index contributed by atoms with van der Waals surface area (Å²) in [5.74, 6) is 0.163. The Morgan fingerprint density at radius 3 is 2.00 bits per heavy atom. The third-order valence-corrected chi connectivity index (χ3v) is 4.53. The quantitative estimate of drug-likeness (QED) is 0.787. The Hall–Kier alpha value is -1.51. The number of nitrogens with zero attached hydrogens (tertiary/aromatic N) is 2. The molecule has 2 heterocycles. The van der Waals surface area contributed by atoms with Gasteiger partial charge in [0.1, 0.15) is 0 Å². The molecule has 0 spiro atoms. The Morgan fingerprint density at radius 2 is 1.40 bits per heavy atom. The predicted octanol–water partition coefficient (Wildman–Crippen LogP) is 3.48. The van der Waals surface area contributed by atoms with E-state index in [1.165, 1.54) is 43.5 Å². The van der Waals surface area contributed by atoms with E-state index >= 15 is 0 Å². The molecule has 3 nitrogen and oxygen atoms in total. The van der Waals surface area contributed by atoms with Gasteiger partial charge in [-0.25, -0.2) is 0 Å². The summed E-state index contributed by atoms with van der Waals surface area (Å²) in [5, 5.41) is 0. The van der Waals surface area contributed by atoms with E-state index in [0.717, 1.165) is 31.7 Å². The second kappa shape index (κ2) is 5.86. The zero-order chi connectivity index (χ0) is 13.9. The normalized spacial score (nSPS) is 19.4. The van der Waals surface area contributed by atoms with E-state index in [4.69, 9.17) is 0 Å². The van der Waals surface area contributed by atoms with Gasteiger partial charge < -0.3 is 9.80 Å². The van der Waals surface area contributed by atoms with Crippen molar-refractivity contribution in [3.63, 3.8) is 0 Å². The Labute approximate surface area is 121 Å². The Bertz CT molecular complexity index is 486. The number of benzene rings is 1. The van der Waals surface area contributed by atoms with Gasteiger partial charge in [0.25, 0.3) is 0 Å². The second-order valence-electron chi connectivity index (χ2n) is 6.00. The molecule has 2 fully saturated rings. The minimum atomic E-state index is 0.163. The number of Topliss-reactive ketones (excluding diaryl/α,β-unsaturated/α-hetero) is 1. The van der Waals surface area contributed by atoms with E-state index in [2.05, 4.69) is 21.9 Å². The first-order valence-electron chi connectivity index (χ1n) is 7.90. The van der Waals surface area contributed by atoms with Gasteiger partial charge in [-0.2, -0.15) is 0 Å². The lowest BCUT2D eigenvalue weighted by Gasteiger charge is -2.33. The summed E-state index contributed by atoms with van der Waals surface area (Å²) in [6.45, 7) is 6.22. The van der Waals surface area contributed by atoms with Crippen molar-refractivity contribution in [1.29, 1.82) is 0 Å². The number of ketones is 1. The lowest BCUT2D eigenvalue weighted by Crippen LogP contribution is -2.31. The van der Waals surface area contributed by atoms with E-state index in [9.17, 15) is 4.79 Å². The molecule has 0 aromatic heterocycles. The van der Waals surface area contributed by atoms with Crippen molar-refractivity contribution >= 4 is 17.2 Å².